The highest BCUT2D eigenvalue weighted by Crippen LogP contribution is 2.21. The third-order valence-electron chi connectivity index (χ3n) is 4.66. The Morgan fingerprint density at radius 1 is 1.14 bits per heavy atom. The van der Waals surface area contributed by atoms with Crippen molar-refractivity contribution in [2.45, 2.75) is 46.1 Å². The number of amides is 1. The van der Waals surface area contributed by atoms with E-state index >= 15 is 0 Å². The summed E-state index contributed by atoms with van der Waals surface area (Å²) in [6.45, 7) is 8.07. The molecular weight excluding hydrogens is 364 g/mol. The van der Waals surface area contributed by atoms with Gasteiger partial charge in [-0.15, -0.1) is 0 Å². The molecule has 0 atom stereocenters. The Morgan fingerprint density at radius 2 is 1.93 bits per heavy atom. The fraction of sp³-hybridized carbons (Fsp3) is 0.348. The lowest BCUT2D eigenvalue weighted by molar-refractivity contribution is -0.116. The fourth-order valence-electron chi connectivity index (χ4n) is 2.96. The molecule has 0 aliphatic carbocycles. The largest absolute Gasteiger partial charge is 0.339 e. The van der Waals surface area contributed by atoms with Crippen LogP contribution in [0.3, 0.4) is 0 Å². The van der Waals surface area contributed by atoms with E-state index in [-0.39, 0.29) is 12.3 Å². The number of hydrogen-bond donors (Lipinski definition) is 2. The quantitative estimate of drug-likeness (QED) is 0.559. The second kappa shape index (κ2) is 9.98. The number of hydrogen-bond acceptors (Lipinski definition) is 5. The molecule has 1 heterocycles. The Kier molecular flexibility index (Phi) is 7.14. The first-order chi connectivity index (χ1) is 14.0. The third-order valence-corrected chi connectivity index (χ3v) is 4.66. The minimum Gasteiger partial charge on any atom is -0.339 e. The molecule has 3 aromatic rings. The monoisotopic (exact) mass is 392 g/mol. The lowest BCUT2D eigenvalue weighted by Crippen LogP contribution is -2.14. The van der Waals surface area contributed by atoms with Gasteiger partial charge in [-0.3, -0.25) is 4.79 Å². The Labute approximate surface area is 171 Å². The van der Waals surface area contributed by atoms with Gasteiger partial charge in [0.15, 0.2) is 0 Å². The van der Waals surface area contributed by atoms with Crippen LogP contribution in [0.25, 0.3) is 11.4 Å². The summed E-state index contributed by atoms with van der Waals surface area (Å²) in [5, 5.41) is 10.2. The van der Waals surface area contributed by atoms with Gasteiger partial charge in [-0.2, -0.15) is 4.98 Å². The summed E-state index contributed by atoms with van der Waals surface area (Å²) in [6, 6.07) is 16.0. The molecule has 1 aromatic heterocycles. The molecule has 0 aliphatic rings. The van der Waals surface area contributed by atoms with Gasteiger partial charge in [0, 0.05) is 30.6 Å². The Morgan fingerprint density at radius 3 is 2.66 bits per heavy atom. The van der Waals surface area contributed by atoms with E-state index in [1.807, 2.05) is 36.4 Å². The molecule has 0 spiro atoms. The molecule has 0 bridgehead atoms. The maximum atomic E-state index is 12.3. The average molecular weight is 393 g/mol. The number of aromatic nitrogens is 2. The molecule has 2 aromatic carbocycles. The van der Waals surface area contributed by atoms with Crippen molar-refractivity contribution in [3.8, 4) is 11.4 Å². The van der Waals surface area contributed by atoms with Crippen LogP contribution in [0.4, 0.5) is 5.69 Å². The van der Waals surface area contributed by atoms with E-state index in [4.69, 9.17) is 4.52 Å². The van der Waals surface area contributed by atoms with Crippen LogP contribution in [0.15, 0.2) is 53.1 Å². The maximum Gasteiger partial charge on any atom is 0.227 e. The zero-order valence-corrected chi connectivity index (χ0v) is 17.2. The highest BCUT2D eigenvalue weighted by atomic mass is 16.5. The van der Waals surface area contributed by atoms with Gasteiger partial charge in [0.1, 0.15) is 0 Å². The second-order valence-electron chi connectivity index (χ2n) is 7.32. The zero-order valence-electron chi connectivity index (χ0n) is 17.2. The molecular formula is C23H28N4O2. The second-order valence-corrected chi connectivity index (χ2v) is 7.32. The van der Waals surface area contributed by atoms with Crippen LogP contribution in [0, 0.1) is 0 Å². The van der Waals surface area contributed by atoms with Gasteiger partial charge in [0.25, 0.3) is 0 Å². The van der Waals surface area contributed by atoms with E-state index in [2.05, 4.69) is 53.7 Å². The Bertz CT molecular complexity index is 932. The van der Waals surface area contributed by atoms with E-state index in [1.54, 1.807) is 0 Å². The van der Waals surface area contributed by atoms with E-state index in [1.165, 1.54) is 5.56 Å². The molecule has 0 aliphatic heterocycles. The van der Waals surface area contributed by atoms with Crippen molar-refractivity contribution in [3.05, 3.63) is 65.5 Å². The average Bonchev–Trinajstić information content (AvgIpc) is 3.20. The summed E-state index contributed by atoms with van der Waals surface area (Å²) < 4.78 is 5.31. The van der Waals surface area contributed by atoms with Crippen molar-refractivity contribution in [2.24, 2.45) is 0 Å². The number of nitrogens with one attached hydrogen (secondary N) is 2. The van der Waals surface area contributed by atoms with Gasteiger partial charge in [0.2, 0.25) is 17.6 Å². The van der Waals surface area contributed by atoms with Crippen molar-refractivity contribution < 1.29 is 9.32 Å². The third kappa shape index (κ3) is 5.99. The molecule has 1 amide bonds. The molecule has 0 unspecified atom stereocenters. The fourth-order valence-corrected chi connectivity index (χ4v) is 2.96. The van der Waals surface area contributed by atoms with Gasteiger partial charge in [-0.05, 0) is 35.7 Å². The number of anilines is 1. The van der Waals surface area contributed by atoms with Crippen LogP contribution in [0.5, 0.6) is 0 Å². The minimum absolute atomic E-state index is 0.0772. The van der Waals surface area contributed by atoms with Crippen LogP contribution in [-0.2, 0) is 17.8 Å². The van der Waals surface area contributed by atoms with Crippen molar-refractivity contribution >= 4 is 11.6 Å². The molecule has 0 saturated heterocycles. The van der Waals surface area contributed by atoms with Crippen molar-refractivity contribution in [3.63, 3.8) is 0 Å². The van der Waals surface area contributed by atoms with E-state index in [0.717, 1.165) is 29.9 Å². The van der Waals surface area contributed by atoms with Crippen LogP contribution in [0.2, 0.25) is 0 Å². The van der Waals surface area contributed by atoms with Gasteiger partial charge in [0.05, 0.1) is 0 Å². The summed E-state index contributed by atoms with van der Waals surface area (Å²) >= 11 is 0. The van der Waals surface area contributed by atoms with Crippen molar-refractivity contribution in [1.82, 2.24) is 15.5 Å². The maximum absolute atomic E-state index is 12.3. The smallest absolute Gasteiger partial charge is 0.227 e. The number of carbonyl (C=O) groups excluding carboxylic acids is 1. The van der Waals surface area contributed by atoms with Crippen molar-refractivity contribution in [2.75, 3.05) is 11.9 Å². The minimum atomic E-state index is -0.0772. The standard InChI is InChI=1S/C23H28N4O2/c1-4-24-15-17-6-5-7-20(14-17)25-21(28)12-13-22-26-23(27-29-22)19-10-8-18(9-11-19)16(2)3/h5-11,14,16,24H,4,12-13,15H2,1-3H3,(H,25,28). The van der Waals surface area contributed by atoms with Crippen LogP contribution in [-0.4, -0.2) is 22.6 Å². The first kappa shape index (κ1) is 20.7. The van der Waals surface area contributed by atoms with Crippen LogP contribution >= 0.6 is 0 Å². The highest BCUT2D eigenvalue weighted by Gasteiger charge is 2.11. The topological polar surface area (TPSA) is 80.0 Å². The summed E-state index contributed by atoms with van der Waals surface area (Å²) in [7, 11) is 0. The summed E-state index contributed by atoms with van der Waals surface area (Å²) in [5.74, 6) is 1.41. The Balaban J connectivity index is 1.53. The first-order valence-corrected chi connectivity index (χ1v) is 10.1. The molecule has 0 fully saturated rings. The number of carbonyl (C=O) groups is 1. The lowest BCUT2D eigenvalue weighted by atomic mass is 10.0. The molecule has 2 N–H and O–H groups in total. The molecule has 152 valence electrons. The van der Waals surface area contributed by atoms with Gasteiger partial charge < -0.3 is 15.2 Å². The summed E-state index contributed by atoms with van der Waals surface area (Å²) in [6.07, 6.45) is 0.686. The van der Waals surface area contributed by atoms with E-state index < -0.39 is 0 Å². The zero-order chi connectivity index (χ0) is 20.6. The number of aryl methyl sites for hydroxylation is 1. The lowest BCUT2D eigenvalue weighted by Gasteiger charge is -2.07. The van der Waals surface area contributed by atoms with Gasteiger partial charge in [-0.25, -0.2) is 0 Å². The number of nitrogens with zero attached hydrogens (tertiary/aromatic N) is 2. The van der Waals surface area contributed by atoms with Gasteiger partial charge >= 0.3 is 0 Å². The molecule has 0 saturated carbocycles. The number of benzene rings is 2. The van der Waals surface area contributed by atoms with Crippen molar-refractivity contribution in [1.29, 1.82) is 0 Å². The van der Waals surface area contributed by atoms with E-state index in [0.29, 0.717) is 24.1 Å². The predicted octanol–water partition coefficient (Wildman–Crippen LogP) is 4.54. The molecule has 29 heavy (non-hydrogen) atoms. The van der Waals surface area contributed by atoms with Crippen LogP contribution in [0.1, 0.15) is 50.1 Å². The highest BCUT2D eigenvalue weighted by molar-refractivity contribution is 5.90. The predicted molar refractivity (Wildman–Crippen MR) is 115 cm³/mol. The molecule has 6 nitrogen and oxygen atoms in total. The normalized spacial score (nSPS) is 11.0. The van der Waals surface area contributed by atoms with Gasteiger partial charge in [-0.1, -0.05) is 62.3 Å². The SMILES string of the molecule is CCNCc1cccc(NC(=O)CCc2nc(-c3ccc(C(C)C)cc3)no2)c1. The molecule has 0 radical (unpaired) electrons. The molecule has 6 heteroatoms. The molecule has 3 rings (SSSR count). The first-order valence-electron chi connectivity index (χ1n) is 10.1. The number of rotatable bonds is 9. The van der Waals surface area contributed by atoms with Crippen LogP contribution < -0.4 is 10.6 Å². The summed E-state index contributed by atoms with van der Waals surface area (Å²) in [4.78, 5) is 16.7. The van der Waals surface area contributed by atoms with E-state index in [9.17, 15) is 4.79 Å². The summed E-state index contributed by atoms with van der Waals surface area (Å²) in [5.41, 5.74) is 4.10. The Hall–Kier alpha value is -2.99.